The number of nitrogens with one attached hydrogen (secondary N) is 1. The number of hydrogen-bond donors (Lipinski definition) is 1. The van der Waals surface area contributed by atoms with Crippen LogP contribution in [0.25, 0.3) is 0 Å². The molecule has 0 radical (unpaired) electrons. The molecule has 0 atom stereocenters. The molecule has 0 fully saturated rings. The summed E-state index contributed by atoms with van der Waals surface area (Å²) in [7, 11) is 0. The lowest BCUT2D eigenvalue weighted by Gasteiger charge is -2.00. The number of amides is 1. The number of Topliss-reactive ketones (excluding diaryl/α,β-unsaturated/α-hetero) is 1. The average Bonchev–Trinajstić information content (AvgIpc) is 3.47. The van der Waals surface area contributed by atoms with Crippen molar-refractivity contribution >= 4 is 39.5 Å². The third kappa shape index (κ3) is 7.56. The molecule has 4 heterocycles. The number of pyridine rings is 2. The van der Waals surface area contributed by atoms with E-state index in [0.717, 1.165) is 51.8 Å². The van der Waals surface area contributed by atoms with Gasteiger partial charge >= 0.3 is 0 Å². The molecular weight excluding hydrogens is 470 g/mol. The Bertz CT molecular complexity index is 1120. The summed E-state index contributed by atoms with van der Waals surface area (Å²) in [6.07, 6.45) is 11.1. The van der Waals surface area contributed by atoms with Crippen LogP contribution in [-0.2, 0) is 41.7 Å². The molecule has 0 aliphatic carbocycles. The molecule has 174 valence electrons. The van der Waals surface area contributed by atoms with E-state index >= 15 is 0 Å². The molecule has 4 aromatic heterocycles. The van der Waals surface area contributed by atoms with Gasteiger partial charge in [-0.25, -0.2) is 0 Å². The number of aromatic nitrogens is 6. The summed E-state index contributed by atoms with van der Waals surface area (Å²) >= 11 is 2.89. The van der Waals surface area contributed by atoms with Crippen LogP contribution < -0.4 is 5.32 Å². The van der Waals surface area contributed by atoms with Gasteiger partial charge in [0.25, 0.3) is 0 Å². The summed E-state index contributed by atoms with van der Waals surface area (Å²) in [6.45, 7) is 0. The number of aryl methyl sites for hydroxylation is 2. The Balaban J connectivity index is 1.15. The van der Waals surface area contributed by atoms with Gasteiger partial charge in [-0.05, 0) is 36.1 Å². The number of carbonyl (C=O) groups is 2. The highest BCUT2D eigenvalue weighted by atomic mass is 32.1. The number of rotatable bonds is 12. The van der Waals surface area contributed by atoms with E-state index in [1.807, 2.05) is 18.2 Å². The standard InChI is InChI=1S/C23H23N7O2S2/c31-18(11-16-5-3-9-24-14-16)13-22-29-27-20(33-22)7-1-2-8-21-28-30-23(34-21)26-19(32)12-17-6-4-10-25-15-17/h3-6,9-10,14-15H,1-2,7-8,11-13H2,(H,26,30,32). The maximum atomic E-state index is 12.2. The summed E-state index contributed by atoms with van der Waals surface area (Å²) in [4.78, 5) is 32.4. The zero-order valence-electron chi connectivity index (χ0n) is 18.4. The number of nitrogens with zero attached hydrogens (tertiary/aromatic N) is 6. The van der Waals surface area contributed by atoms with Crippen molar-refractivity contribution in [2.45, 2.75) is 44.9 Å². The summed E-state index contributed by atoms with van der Waals surface area (Å²) < 4.78 is 0. The van der Waals surface area contributed by atoms with Crippen LogP contribution in [0.4, 0.5) is 5.13 Å². The molecule has 0 aliphatic rings. The maximum absolute atomic E-state index is 12.2. The third-order valence-corrected chi connectivity index (χ3v) is 6.69. The normalized spacial score (nSPS) is 10.8. The van der Waals surface area contributed by atoms with Crippen molar-refractivity contribution in [3.05, 3.63) is 75.2 Å². The lowest BCUT2D eigenvalue weighted by molar-refractivity contribution is -0.118. The molecule has 0 spiro atoms. The fourth-order valence-corrected chi connectivity index (χ4v) is 4.94. The monoisotopic (exact) mass is 493 g/mol. The molecule has 0 unspecified atom stereocenters. The topological polar surface area (TPSA) is 124 Å². The number of carbonyl (C=O) groups excluding carboxylic acids is 2. The van der Waals surface area contributed by atoms with E-state index in [9.17, 15) is 9.59 Å². The van der Waals surface area contributed by atoms with Crippen molar-refractivity contribution in [1.29, 1.82) is 0 Å². The number of ketones is 1. The smallest absolute Gasteiger partial charge is 0.230 e. The fraction of sp³-hybridized carbons (Fsp3) is 0.304. The zero-order valence-corrected chi connectivity index (χ0v) is 20.0. The predicted octanol–water partition coefficient (Wildman–Crippen LogP) is 3.28. The molecule has 0 saturated heterocycles. The molecule has 0 saturated carbocycles. The van der Waals surface area contributed by atoms with Gasteiger partial charge in [-0.3, -0.25) is 19.6 Å². The largest absolute Gasteiger partial charge is 0.300 e. The second-order valence-electron chi connectivity index (χ2n) is 7.64. The first kappa shape index (κ1) is 23.7. The highest BCUT2D eigenvalue weighted by Gasteiger charge is 2.12. The van der Waals surface area contributed by atoms with Crippen LogP contribution in [0, 0.1) is 0 Å². The van der Waals surface area contributed by atoms with E-state index in [2.05, 4.69) is 35.7 Å². The summed E-state index contributed by atoms with van der Waals surface area (Å²) in [5, 5.41) is 22.5. The molecule has 1 amide bonds. The lowest BCUT2D eigenvalue weighted by Crippen LogP contribution is -2.14. The Labute approximate surface area is 204 Å². The number of unbranched alkanes of at least 4 members (excludes halogenated alkanes) is 1. The van der Waals surface area contributed by atoms with Gasteiger partial charge in [0.1, 0.15) is 20.8 Å². The van der Waals surface area contributed by atoms with Crippen LogP contribution in [0.1, 0.15) is 39.0 Å². The second kappa shape index (κ2) is 12.1. The van der Waals surface area contributed by atoms with E-state index in [4.69, 9.17) is 0 Å². The van der Waals surface area contributed by atoms with Crippen LogP contribution in [0.5, 0.6) is 0 Å². The van der Waals surface area contributed by atoms with Crippen molar-refractivity contribution < 1.29 is 9.59 Å². The first-order valence-electron chi connectivity index (χ1n) is 10.9. The van der Waals surface area contributed by atoms with Gasteiger partial charge in [0.15, 0.2) is 0 Å². The number of anilines is 1. The van der Waals surface area contributed by atoms with Crippen molar-refractivity contribution in [3.8, 4) is 0 Å². The van der Waals surface area contributed by atoms with E-state index in [1.165, 1.54) is 22.7 Å². The maximum Gasteiger partial charge on any atom is 0.230 e. The zero-order chi connectivity index (χ0) is 23.6. The van der Waals surface area contributed by atoms with Crippen LogP contribution in [-0.4, -0.2) is 42.1 Å². The molecule has 11 heteroatoms. The van der Waals surface area contributed by atoms with E-state index in [-0.39, 0.29) is 18.1 Å². The van der Waals surface area contributed by atoms with Crippen molar-refractivity contribution in [1.82, 2.24) is 30.4 Å². The highest BCUT2D eigenvalue weighted by Crippen LogP contribution is 2.19. The first-order valence-corrected chi connectivity index (χ1v) is 12.5. The Morgan fingerprint density at radius 1 is 0.735 bits per heavy atom. The molecule has 4 aromatic rings. The second-order valence-corrected chi connectivity index (χ2v) is 9.85. The minimum atomic E-state index is -0.137. The van der Waals surface area contributed by atoms with Gasteiger partial charge in [-0.1, -0.05) is 23.5 Å². The van der Waals surface area contributed by atoms with Crippen LogP contribution in [0.2, 0.25) is 0 Å². The summed E-state index contributed by atoms with van der Waals surface area (Å²) in [5.41, 5.74) is 1.76. The van der Waals surface area contributed by atoms with E-state index in [0.29, 0.717) is 18.0 Å². The molecular formula is C23H23N7O2S2. The first-order chi connectivity index (χ1) is 16.6. The molecule has 1 N–H and O–H groups in total. The quantitative estimate of drug-likeness (QED) is 0.298. The Morgan fingerprint density at radius 3 is 2.03 bits per heavy atom. The van der Waals surface area contributed by atoms with Gasteiger partial charge in [0.2, 0.25) is 11.0 Å². The average molecular weight is 494 g/mol. The molecule has 0 aromatic carbocycles. The van der Waals surface area contributed by atoms with Crippen LogP contribution >= 0.6 is 22.7 Å². The molecule has 0 aliphatic heterocycles. The van der Waals surface area contributed by atoms with Gasteiger partial charge in [0, 0.05) is 44.0 Å². The Kier molecular flexibility index (Phi) is 8.47. The minimum absolute atomic E-state index is 0.107. The third-order valence-electron chi connectivity index (χ3n) is 4.81. The van der Waals surface area contributed by atoms with E-state index < -0.39 is 0 Å². The fourth-order valence-electron chi connectivity index (χ4n) is 3.23. The summed E-state index contributed by atoms with van der Waals surface area (Å²) in [5.74, 6) is -0.0306. The lowest BCUT2D eigenvalue weighted by atomic mass is 10.1. The Morgan fingerprint density at radius 2 is 1.35 bits per heavy atom. The Hall–Kier alpha value is -3.44. The van der Waals surface area contributed by atoms with Crippen LogP contribution in [0.15, 0.2) is 49.1 Å². The highest BCUT2D eigenvalue weighted by molar-refractivity contribution is 7.15. The molecule has 9 nitrogen and oxygen atoms in total. The molecule has 4 rings (SSSR count). The van der Waals surface area contributed by atoms with Gasteiger partial charge < -0.3 is 5.32 Å². The van der Waals surface area contributed by atoms with E-state index in [1.54, 1.807) is 30.9 Å². The van der Waals surface area contributed by atoms with Crippen LogP contribution in [0.3, 0.4) is 0 Å². The van der Waals surface area contributed by atoms with Crippen molar-refractivity contribution in [2.24, 2.45) is 0 Å². The molecule has 0 bridgehead atoms. The number of hydrogen-bond acceptors (Lipinski definition) is 10. The predicted molar refractivity (Wildman–Crippen MR) is 130 cm³/mol. The molecule has 34 heavy (non-hydrogen) atoms. The minimum Gasteiger partial charge on any atom is -0.300 e. The van der Waals surface area contributed by atoms with Crippen molar-refractivity contribution in [2.75, 3.05) is 5.32 Å². The summed E-state index contributed by atoms with van der Waals surface area (Å²) in [6, 6.07) is 7.39. The van der Waals surface area contributed by atoms with Gasteiger partial charge in [-0.2, -0.15) is 0 Å². The SMILES string of the molecule is O=C(Cc1cccnc1)Cc1nnc(CCCCc2nnc(NC(=O)Cc3cccnc3)s2)s1. The van der Waals surface area contributed by atoms with Crippen molar-refractivity contribution in [3.63, 3.8) is 0 Å². The van der Waals surface area contributed by atoms with Gasteiger partial charge in [-0.15, -0.1) is 31.7 Å². The van der Waals surface area contributed by atoms with Gasteiger partial charge in [0.05, 0.1) is 12.8 Å².